The monoisotopic (exact) mass is 846 g/mol. The zero-order valence-corrected chi connectivity index (χ0v) is 34.8. The van der Waals surface area contributed by atoms with Crippen LogP contribution in [0.4, 0.5) is 0 Å². The molecule has 7 rings (SSSR count). The van der Waals surface area contributed by atoms with Gasteiger partial charge in [0.25, 0.3) is 0 Å². The highest BCUT2D eigenvalue weighted by molar-refractivity contribution is 8.00. The van der Waals surface area contributed by atoms with Crippen LogP contribution in [0.3, 0.4) is 0 Å². The Hall–Kier alpha value is -4.63. The number of benzene rings is 6. The largest absolute Gasteiger partial charge is 0.460 e. The molecule has 0 heterocycles. The lowest BCUT2D eigenvalue weighted by Gasteiger charge is -2.26. The highest BCUT2D eigenvalue weighted by Crippen LogP contribution is 2.48. The van der Waals surface area contributed by atoms with E-state index < -0.39 is 5.97 Å². The standard InChI is InChI=1S/C46H38O8S4/c1-28-11-15-31(16-12-28)55-36-19-21-38(57-34-9-5-3-7-30(34)27-54-53-26-24-48)42-40(36)45(50)43-39(58-35-10-6-4-8-33(35)46(51)52-25-23-47)22-20-37(41(43)44(42)49)56-32-17-13-29(2)14-18-32/h3-22,47-48H,23-27H2,1-2H3. The van der Waals surface area contributed by atoms with Crippen molar-refractivity contribution < 1.29 is 39.1 Å². The fraction of sp³-hybridized carbons (Fsp3) is 0.152. The molecular formula is C46H38O8S4. The molecule has 2 N–H and O–H groups in total. The summed E-state index contributed by atoms with van der Waals surface area (Å²) in [6, 6.07) is 38.1. The van der Waals surface area contributed by atoms with Crippen molar-refractivity contribution in [1.29, 1.82) is 0 Å². The number of ketones is 2. The molecule has 1 aliphatic carbocycles. The summed E-state index contributed by atoms with van der Waals surface area (Å²) in [5, 5.41) is 18.4. The van der Waals surface area contributed by atoms with Gasteiger partial charge in [-0.05, 0) is 86.1 Å². The van der Waals surface area contributed by atoms with Crippen LogP contribution in [-0.2, 0) is 21.1 Å². The second kappa shape index (κ2) is 19.4. The molecule has 0 radical (unpaired) electrons. The topological polar surface area (TPSA) is 119 Å². The normalized spacial score (nSPS) is 12.0. The second-order valence-corrected chi connectivity index (χ2v) is 17.5. The lowest BCUT2D eigenvalue weighted by Crippen LogP contribution is -2.24. The van der Waals surface area contributed by atoms with E-state index in [4.69, 9.17) is 19.6 Å². The first-order valence-electron chi connectivity index (χ1n) is 18.3. The fourth-order valence-corrected chi connectivity index (χ4v) is 10.3. The zero-order valence-electron chi connectivity index (χ0n) is 31.6. The molecule has 0 spiro atoms. The van der Waals surface area contributed by atoms with Crippen molar-refractivity contribution in [3.05, 3.63) is 166 Å². The van der Waals surface area contributed by atoms with Gasteiger partial charge in [0.15, 0.2) is 11.6 Å². The van der Waals surface area contributed by atoms with Crippen molar-refractivity contribution >= 4 is 64.6 Å². The SMILES string of the molecule is Cc1ccc(Sc2ccc(Sc3ccccc3COOCCO)c3c2C(=O)c2c(Sc4ccccc4C(=O)OCCO)ccc(Sc4ccc(C)cc4)c2C3=O)cc1. The number of aliphatic hydroxyl groups excluding tert-OH is 2. The Morgan fingerprint density at radius 1 is 0.500 bits per heavy atom. The Kier molecular flexibility index (Phi) is 13.9. The summed E-state index contributed by atoms with van der Waals surface area (Å²) in [7, 11) is 0. The molecule has 0 unspecified atom stereocenters. The average Bonchev–Trinajstić information content (AvgIpc) is 3.23. The summed E-state index contributed by atoms with van der Waals surface area (Å²) < 4.78 is 5.27. The molecule has 294 valence electrons. The van der Waals surface area contributed by atoms with E-state index in [0.717, 1.165) is 31.4 Å². The predicted molar refractivity (Wildman–Crippen MR) is 227 cm³/mol. The molecule has 1 aliphatic rings. The smallest absolute Gasteiger partial charge is 0.339 e. The maximum absolute atomic E-state index is 15.4. The van der Waals surface area contributed by atoms with Gasteiger partial charge in [0.05, 0.1) is 18.8 Å². The number of esters is 1. The molecule has 0 fully saturated rings. The summed E-state index contributed by atoms with van der Waals surface area (Å²) >= 11 is 5.43. The Labute approximate surface area is 353 Å². The summed E-state index contributed by atoms with van der Waals surface area (Å²) in [5.74, 6) is -1.19. The van der Waals surface area contributed by atoms with E-state index in [1.54, 1.807) is 24.3 Å². The van der Waals surface area contributed by atoms with Gasteiger partial charge in [0.1, 0.15) is 19.8 Å². The Morgan fingerprint density at radius 3 is 1.47 bits per heavy atom. The van der Waals surface area contributed by atoms with E-state index in [2.05, 4.69) is 0 Å². The van der Waals surface area contributed by atoms with Crippen LogP contribution in [0.15, 0.2) is 160 Å². The molecule has 58 heavy (non-hydrogen) atoms. The van der Waals surface area contributed by atoms with Gasteiger partial charge in [-0.3, -0.25) is 9.59 Å². The zero-order chi connectivity index (χ0) is 40.6. The van der Waals surface area contributed by atoms with E-state index in [1.165, 1.54) is 47.0 Å². The fourth-order valence-electron chi connectivity index (χ4n) is 6.19. The molecule has 0 aromatic heterocycles. The van der Waals surface area contributed by atoms with Crippen LogP contribution in [-0.4, -0.2) is 54.2 Å². The van der Waals surface area contributed by atoms with Crippen molar-refractivity contribution in [2.75, 3.05) is 26.4 Å². The number of hydrogen-bond acceptors (Lipinski definition) is 12. The molecule has 0 aliphatic heterocycles. The maximum atomic E-state index is 15.4. The molecule has 0 saturated carbocycles. The molecule has 0 saturated heterocycles. The lowest BCUT2D eigenvalue weighted by atomic mass is 9.84. The first-order chi connectivity index (χ1) is 28.2. The molecular weight excluding hydrogens is 809 g/mol. The van der Waals surface area contributed by atoms with E-state index in [9.17, 15) is 9.90 Å². The second-order valence-electron chi connectivity index (χ2n) is 13.1. The third kappa shape index (κ3) is 9.46. The van der Waals surface area contributed by atoms with Crippen molar-refractivity contribution in [2.24, 2.45) is 0 Å². The van der Waals surface area contributed by atoms with E-state index in [0.29, 0.717) is 41.2 Å². The number of carbonyl (C=O) groups excluding carboxylic acids is 3. The van der Waals surface area contributed by atoms with E-state index in [1.807, 2.05) is 111 Å². The van der Waals surface area contributed by atoms with Gasteiger partial charge in [0, 0.05) is 61.4 Å². The van der Waals surface area contributed by atoms with Crippen LogP contribution in [0.1, 0.15) is 58.9 Å². The third-order valence-electron chi connectivity index (χ3n) is 8.98. The number of aliphatic hydroxyl groups is 2. The Bertz CT molecular complexity index is 2470. The van der Waals surface area contributed by atoms with Gasteiger partial charge < -0.3 is 14.9 Å². The maximum Gasteiger partial charge on any atom is 0.339 e. The molecule has 0 atom stereocenters. The van der Waals surface area contributed by atoms with Crippen molar-refractivity contribution in [1.82, 2.24) is 0 Å². The van der Waals surface area contributed by atoms with Crippen LogP contribution in [0, 0.1) is 13.8 Å². The van der Waals surface area contributed by atoms with Crippen LogP contribution in [0.2, 0.25) is 0 Å². The number of ether oxygens (including phenoxy) is 1. The predicted octanol–water partition coefficient (Wildman–Crippen LogP) is 10.3. The average molecular weight is 847 g/mol. The highest BCUT2D eigenvalue weighted by Gasteiger charge is 2.38. The summed E-state index contributed by atoms with van der Waals surface area (Å²) in [4.78, 5) is 60.0. The van der Waals surface area contributed by atoms with Gasteiger partial charge in [-0.1, -0.05) is 113 Å². The molecule has 12 heteroatoms. The van der Waals surface area contributed by atoms with Crippen LogP contribution >= 0.6 is 47.0 Å². The first-order valence-corrected chi connectivity index (χ1v) is 21.6. The van der Waals surface area contributed by atoms with Gasteiger partial charge in [0.2, 0.25) is 0 Å². The van der Waals surface area contributed by atoms with Crippen LogP contribution in [0.25, 0.3) is 0 Å². The lowest BCUT2D eigenvalue weighted by molar-refractivity contribution is -0.307. The van der Waals surface area contributed by atoms with E-state index in [-0.39, 0.29) is 55.7 Å². The molecule has 0 bridgehead atoms. The van der Waals surface area contributed by atoms with Gasteiger partial charge in [-0.2, -0.15) is 0 Å². The van der Waals surface area contributed by atoms with E-state index >= 15 is 9.59 Å². The van der Waals surface area contributed by atoms with Crippen molar-refractivity contribution in [3.8, 4) is 0 Å². The minimum atomic E-state index is -0.602. The van der Waals surface area contributed by atoms with Crippen molar-refractivity contribution in [3.63, 3.8) is 0 Å². The van der Waals surface area contributed by atoms with Crippen LogP contribution in [0.5, 0.6) is 0 Å². The van der Waals surface area contributed by atoms with Gasteiger partial charge >= 0.3 is 5.97 Å². The number of hydrogen-bond donors (Lipinski definition) is 2. The quantitative estimate of drug-likeness (QED) is 0.0417. The van der Waals surface area contributed by atoms with Gasteiger partial charge in [-0.25, -0.2) is 14.6 Å². The minimum Gasteiger partial charge on any atom is -0.460 e. The first kappa shape index (κ1) is 41.5. The Morgan fingerprint density at radius 2 is 0.948 bits per heavy atom. The summed E-state index contributed by atoms with van der Waals surface area (Å²) in [6.45, 7) is 3.51. The number of aryl methyl sites for hydroxylation is 2. The molecule has 0 amide bonds. The summed E-state index contributed by atoms with van der Waals surface area (Å²) in [6.07, 6.45) is 0. The van der Waals surface area contributed by atoms with Gasteiger partial charge in [-0.15, -0.1) is 0 Å². The molecule has 6 aromatic carbocycles. The Balaban J connectivity index is 1.39. The summed E-state index contributed by atoms with van der Waals surface area (Å²) in [5.41, 5.74) is 4.46. The number of rotatable bonds is 16. The van der Waals surface area contributed by atoms with Crippen molar-refractivity contribution in [2.45, 2.75) is 59.6 Å². The molecule has 6 aromatic rings. The third-order valence-corrected chi connectivity index (χ3v) is 13.4. The van der Waals surface area contributed by atoms with Crippen LogP contribution < -0.4 is 0 Å². The highest BCUT2D eigenvalue weighted by atomic mass is 32.2. The minimum absolute atomic E-state index is 0.0293. The molecule has 8 nitrogen and oxygen atoms in total. The number of fused-ring (bicyclic) bond motifs is 2. The number of carbonyl (C=O) groups is 3.